The number of ketones is 1. The van der Waals surface area contributed by atoms with E-state index in [1.165, 1.54) is 17.0 Å². The number of Topliss-reactive ketones (excluding diaryl/α,β-unsaturated/α-hetero) is 1. The molecule has 0 spiro atoms. The van der Waals surface area contributed by atoms with Crippen molar-refractivity contribution in [3.8, 4) is 11.1 Å². The fourth-order valence-corrected chi connectivity index (χ4v) is 3.54. The van der Waals surface area contributed by atoms with Crippen molar-refractivity contribution >= 4 is 34.3 Å². The molecule has 29 heavy (non-hydrogen) atoms. The maximum Gasteiger partial charge on any atom is 0.328 e. The summed E-state index contributed by atoms with van der Waals surface area (Å²) in [5.74, 6) is 0.390. The van der Waals surface area contributed by atoms with Crippen LogP contribution >= 0.6 is 11.6 Å². The van der Waals surface area contributed by atoms with Gasteiger partial charge in [0.1, 0.15) is 11.6 Å². The van der Waals surface area contributed by atoms with E-state index < -0.39 is 0 Å². The molecule has 0 radical (unpaired) electrons. The van der Waals surface area contributed by atoms with Crippen LogP contribution in [0.25, 0.3) is 22.0 Å². The molecule has 1 heterocycles. The molecule has 6 heteroatoms. The predicted molar refractivity (Wildman–Crippen MR) is 115 cm³/mol. The fraction of sp³-hybridized carbons (Fsp3) is 0.304. The van der Waals surface area contributed by atoms with Gasteiger partial charge in [-0.25, -0.2) is 9.18 Å². The first-order valence-electron chi connectivity index (χ1n) is 9.60. The largest absolute Gasteiger partial charge is 0.330 e. The van der Waals surface area contributed by atoms with E-state index in [-0.39, 0.29) is 24.1 Å². The molecule has 3 rings (SSSR count). The second kappa shape index (κ2) is 9.23. The van der Waals surface area contributed by atoms with Crippen LogP contribution in [0.4, 0.5) is 9.18 Å². The van der Waals surface area contributed by atoms with E-state index in [0.29, 0.717) is 12.3 Å². The van der Waals surface area contributed by atoms with Crippen LogP contribution in [0.5, 0.6) is 0 Å². The lowest BCUT2D eigenvalue weighted by Crippen LogP contribution is -2.26. The molecule has 0 aliphatic rings. The molecule has 1 aromatic heterocycles. The number of amides is 1. The predicted octanol–water partition coefficient (Wildman–Crippen LogP) is 5.50. The molecule has 0 unspecified atom stereocenters. The lowest BCUT2D eigenvalue weighted by Gasteiger charge is -2.12. The highest BCUT2D eigenvalue weighted by Gasteiger charge is 2.17. The van der Waals surface area contributed by atoms with Gasteiger partial charge in [0.15, 0.2) is 0 Å². The van der Waals surface area contributed by atoms with Gasteiger partial charge in [-0.3, -0.25) is 9.36 Å². The van der Waals surface area contributed by atoms with Crippen LogP contribution in [0.3, 0.4) is 0 Å². The molecule has 152 valence electrons. The van der Waals surface area contributed by atoms with Gasteiger partial charge >= 0.3 is 6.03 Å². The third kappa shape index (κ3) is 4.85. The van der Waals surface area contributed by atoms with Crippen LogP contribution in [0.1, 0.15) is 24.8 Å². The van der Waals surface area contributed by atoms with Gasteiger partial charge < -0.3 is 4.90 Å². The first-order chi connectivity index (χ1) is 13.9. The number of halogens is 2. The standard InChI is InChI=1S/C23H24ClFN2O2/c1-26(2)23(29)27-15-18(13-20(28)5-3-4-12-24)21-11-8-17(14-22(21)27)16-6-9-19(25)10-7-16/h6-11,14-15H,3-5,12-13H2,1-2H3. The summed E-state index contributed by atoms with van der Waals surface area (Å²) in [7, 11) is 3.38. The van der Waals surface area contributed by atoms with Crippen LogP contribution in [0.15, 0.2) is 48.7 Å². The van der Waals surface area contributed by atoms with Crippen LogP contribution in [0.2, 0.25) is 0 Å². The van der Waals surface area contributed by atoms with Gasteiger partial charge in [0.2, 0.25) is 0 Å². The number of hydrogen-bond donors (Lipinski definition) is 0. The van der Waals surface area contributed by atoms with Crippen molar-refractivity contribution in [1.82, 2.24) is 9.47 Å². The highest BCUT2D eigenvalue weighted by Crippen LogP contribution is 2.29. The summed E-state index contributed by atoms with van der Waals surface area (Å²) in [6, 6.07) is 11.8. The van der Waals surface area contributed by atoms with Gasteiger partial charge in [0.05, 0.1) is 5.52 Å². The molecule has 3 aromatic rings. The summed E-state index contributed by atoms with van der Waals surface area (Å²) >= 11 is 5.69. The molecule has 1 amide bonds. The zero-order valence-corrected chi connectivity index (χ0v) is 17.4. The van der Waals surface area contributed by atoms with Gasteiger partial charge in [-0.05, 0) is 47.7 Å². The number of nitrogens with zero attached hydrogens (tertiary/aromatic N) is 2. The number of unbranched alkanes of at least 4 members (excludes halogenated alkanes) is 1. The van der Waals surface area contributed by atoms with Crippen LogP contribution in [0, 0.1) is 5.82 Å². The number of fused-ring (bicyclic) bond motifs is 1. The fourth-order valence-electron chi connectivity index (χ4n) is 3.35. The summed E-state index contributed by atoms with van der Waals surface area (Å²) in [4.78, 5) is 26.6. The molecule has 0 bridgehead atoms. The monoisotopic (exact) mass is 414 g/mol. The van der Waals surface area contributed by atoms with Crippen molar-refractivity contribution in [2.75, 3.05) is 20.0 Å². The minimum atomic E-state index is -0.295. The lowest BCUT2D eigenvalue weighted by atomic mass is 10.0. The van der Waals surface area contributed by atoms with Crippen molar-refractivity contribution < 1.29 is 14.0 Å². The average molecular weight is 415 g/mol. The zero-order valence-electron chi connectivity index (χ0n) is 16.6. The first kappa shape index (κ1) is 21.1. The Bertz CT molecular complexity index is 1030. The van der Waals surface area contributed by atoms with E-state index in [1.54, 1.807) is 37.0 Å². The topological polar surface area (TPSA) is 42.3 Å². The van der Waals surface area contributed by atoms with Crippen molar-refractivity contribution in [2.24, 2.45) is 0 Å². The second-order valence-corrected chi connectivity index (χ2v) is 7.68. The minimum absolute atomic E-state index is 0.133. The molecule has 0 aliphatic carbocycles. The number of carbonyl (C=O) groups is 2. The smallest absolute Gasteiger partial charge is 0.328 e. The summed E-state index contributed by atoms with van der Waals surface area (Å²) in [6.07, 6.45) is 4.10. The van der Waals surface area contributed by atoms with Gasteiger partial charge in [0, 0.05) is 44.4 Å². The number of rotatable bonds is 7. The van der Waals surface area contributed by atoms with Gasteiger partial charge in [-0.2, -0.15) is 0 Å². The Hall–Kier alpha value is -2.66. The number of hydrogen-bond acceptors (Lipinski definition) is 2. The molecule has 4 nitrogen and oxygen atoms in total. The molecular formula is C23H24ClFN2O2. The van der Waals surface area contributed by atoms with Crippen molar-refractivity contribution in [3.63, 3.8) is 0 Å². The number of aromatic nitrogens is 1. The number of alkyl halides is 1. The molecule has 2 aromatic carbocycles. The summed E-state index contributed by atoms with van der Waals surface area (Å²) in [6.45, 7) is 0. The lowest BCUT2D eigenvalue weighted by molar-refractivity contribution is -0.118. The normalized spacial score (nSPS) is 11.0. The Morgan fingerprint density at radius 2 is 1.72 bits per heavy atom. The molecule has 0 atom stereocenters. The number of carbonyl (C=O) groups excluding carboxylic acids is 2. The molecular weight excluding hydrogens is 391 g/mol. The van der Waals surface area contributed by atoms with E-state index in [0.717, 1.165) is 40.4 Å². The molecule has 0 N–H and O–H groups in total. The van der Waals surface area contributed by atoms with Gasteiger partial charge in [-0.15, -0.1) is 11.6 Å². The third-order valence-corrected chi connectivity index (χ3v) is 5.15. The van der Waals surface area contributed by atoms with Crippen LogP contribution in [-0.4, -0.2) is 41.3 Å². The van der Waals surface area contributed by atoms with Crippen molar-refractivity contribution in [2.45, 2.75) is 25.7 Å². The zero-order chi connectivity index (χ0) is 21.0. The van der Waals surface area contributed by atoms with Crippen molar-refractivity contribution in [1.29, 1.82) is 0 Å². The second-order valence-electron chi connectivity index (χ2n) is 7.30. The highest BCUT2D eigenvalue weighted by atomic mass is 35.5. The van der Waals surface area contributed by atoms with E-state index in [1.807, 2.05) is 18.2 Å². The van der Waals surface area contributed by atoms with E-state index >= 15 is 0 Å². The van der Waals surface area contributed by atoms with Gasteiger partial charge in [-0.1, -0.05) is 24.3 Å². The third-order valence-electron chi connectivity index (χ3n) is 4.88. The Morgan fingerprint density at radius 1 is 1.03 bits per heavy atom. The maximum atomic E-state index is 13.3. The molecule has 0 saturated heterocycles. The maximum absolute atomic E-state index is 13.3. The van der Waals surface area contributed by atoms with Gasteiger partial charge in [0.25, 0.3) is 0 Å². The highest BCUT2D eigenvalue weighted by molar-refractivity contribution is 6.17. The Morgan fingerprint density at radius 3 is 2.38 bits per heavy atom. The quantitative estimate of drug-likeness (QED) is 0.378. The Labute approximate surface area is 174 Å². The first-order valence-corrected chi connectivity index (χ1v) is 10.1. The minimum Gasteiger partial charge on any atom is -0.330 e. The molecule has 0 aliphatic heterocycles. The van der Waals surface area contributed by atoms with Crippen LogP contribution < -0.4 is 0 Å². The van der Waals surface area contributed by atoms with Crippen molar-refractivity contribution in [3.05, 3.63) is 60.0 Å². The number of benzene rings is 2. The average Bonchev–Trinajstić information content (AvgIpc) is 3.05. The van der Waals surface area contributed by atoms with E-state index in [4.69, 9.17) is 11.6 Å². The molecule has 0 saturated carbocycles. The Balaban J connectivity index is 2.01. The van der Waals surface area contributed by atoms with Crippen LogP contribution in [-0.2, 0) is 11.2 Å². The van der Waals surface area contributed by atoms with E-state index in [9.17, 15) is 14.0 Å². The summed E-state index contributed by atoms with van der Waals surface area (Å²) < 4.78 is 14.8. The summed E-state index contributed by atoms with van der Waals surface area (Å²) in [5, 5.41) is 0.872. The summed E-state index contributed by atoms with van der Waals surface area (Å²) in [5.41, 5.74) is 3.30. The van der Waals surface area contributed by atoms with E-state index in [2.05, 4.69) is 0 Å². The molecule has 0 fully saturated rings. The Kier molecular flexibility index (Phi) is 6.70. The SMILES string of the molecule is CN(C)C(=O)n1cc(CC(=O)CCCCCl)c2ccc(-c3ccc(F)cc3)cc21.